The first-order chi connectivity index (χ1) is 14.3. The lowest BCUT2D eigenvalue weighted by Gasteiger charge is -2.29. The Bertz CT molecular complexity index is 973. The number of aromatic hydroxyl groups is 1. The maximum atomic E-state index is 12.4. The summed E-state index contributed by atoms with van der Waals surface area (Å²) < 4.78 is 5.18. The number of benzene rings is 2. The van der Waals surface area contributed by atoms with Crippen LogP contribution in [-0.4, -0.2) is 39.1 Å². The molecule has 0 spiro atoms. The van der Waals surface area contributed by atoms with E-state index in [9.17, 15) is 9.90 Å². The first-order valence-corrected chi connectivity index (χ1v) is 10.4. The summed E-state index contributed by atoms with van der Waals surface area (Å²) in [7, 11) is 0. The van der Waals surface area contributed by atoms with Crippen molar-refractivity contribution in [3.8, 4) is 17.2 Å². The molecule has 1 aliphatic heterocycles. The molecular formula is C23H26ClN3O3. The summed E-state index contributed by atoms with van der Waals surface area (Å²) >= 11 is 5.96. The van der Waals surface area contributed by atoms with Gasteiger partial charge in [-0.3, -0.25) is 4.79 Å². The molecule has 6 nitrogen and oxygen atoms in total. The first kappa shape index (κ1) is 21.8. The first-order valence-electron chi connectivity index (χ1n) is 9.99. The predicted molar refractivity (Wildman–Crippen MR) is 117 cm³/mol. The number of aromatic nitrogens is 2. The van der Waals surface area contributed by atoms with E-state index in [1.807, 2.05) is 18.2 Å². The van der Waals surface area contributed by atoms with E-state index >= 15 is 0 Å². The van der Waals surface area contributed by atoms with E-state index in [0.29, 0.717) is 30.1 Å². The fourth-order valence-electron chi connectivity index (χ4n) is 3.18. The zero-order valence-electron chi connectivity index (χ0n) is 17.4. The lowest BCUT2D eigenvalue weighted by molar-refractivity contribution is 0.0681. The summed E-state index contributed by atoms with van der Waals surface area (Å²) in [6.07, 6.45) is 1.98. The minimum atomic E-state index is -0.214. The molecule has 1 aromatic heterocycles. The molecule has 0 atom stereocenters. The molecule has 3 aromatic rings. The van der Waals surface area contributed by atoms with Crippen LogP contribution in [0.4, 0.5) is 0 Å². The van der Waals surface area contributed by atoms with Crippen LogP contribution in [0, 0.1) is 19.8 Å². The van der Waals surface area contributed by atoms with Crippen LogP contribution < -0.4 is 0 Å². The van der Waals surface area contributed by atoms with Gasteiger partial charge in [-0.1, -0.05) is 59.6 Å². The zero-order valence-corrected chi connectivity index (χ0v) is 18.2. The molecule has 0 aliphatic carbocycles. The molecule has 0 radical (unpaired) electrons. The number of carbonyl (C=O) groups excluding carboxylic acids is 1. The Morgan fingerprint density at radius 3 is 2.40 bits per heavy atom. The number of piperidine rings is 1. The number of carbonyl (C=O) groups is 1. The highest BCUT2D eigenvalue weighted by Gasteiger charge is 2.25. The molecule has 4 rings (SSSR count). The van der Waals surface area contributed by atoms with Crippen LogP contribution >= 0.6 is 11.6 Å². The largest absolute Gasteiger partial charge is 0.506 e. The van der Waals surface area contributed by atoms with E-state index in [2.05, 4.69) is 36.1 Å². The van der Waals surface area contributed by atoms with Gasteiger partial charge >= 0.3 is 0 Å². The van der Waals surface area contributed by atoms with Crippen molar-refractivity contribution >= 4 is 17.5 Å². The standard InChI is InChI=1S/C16H18ClN3O3.C7H8/c1-9-3-5-20(6-4-9)16(22)14-18-15(23-19-14)11-7-10(2)13(21)12(17)8-11;1-7-5-3-2-4-6-7/h7-9,21H,3-6H2,1-2H3;2-6H,1H3. The Morgan fingerprint density at radius 1 is 1.17 bits per heavy atom. The highest BCUT2D eigenvalue weighted by atomic mass is 35.5. The molecule has 1 N–H and O–H groups in total. The van der Waals surface area contributed by atoms with Crippen molar-refractivity contribution in [1.82, 2.24) is 15.0 Å². The van der Waals surface area contributed by atoms with Gasteiger partial charge in [0.05, 0.1) is 5.02 Å². The van der Waals surface area contributed by atoms with Crippen molar-refractivity contribution in [1.29, 1.82) is 0 Å². The lowest BCUT2D eigenvalue weighted by atomic mass is 9.99. The maximum absolute atomic E-state index is 12.4. The van der Waals surface area contributed by atoms with Crippen LogP contribution in [0.2, 0.25) is 5.02 Å². The zero-order chi connectivity index (χ0) is 21.7. The van der Waals surface area contributed by atoms with Gasteiger partial charge in [0.15, 0.2) is 0 Å². The highest BCUT2D eigenvalue weighted by molar-refractivity contribution is 6.32. The third-order valence-electron chi connectivity index (χ3n) is 5.13. The van der Waals surface area contributed by atoms with E-state index < -0.39 is 0 Å². The maximum Gasteiger partial charge on any atom is 0.295 e. The van der Waals surface area contributed by atoms with Crippen molar-refractivity contribution in [2.45, 2.75) is 33.6 Å². The third kappa shape index (κ3) is 5.39. The molecular weight excluding hydrogens is 402 g/mol. The van der Waals surface area contributed by atoms with Crippen LogP contribution in [0.3, 0.4) is 0 Å². The van der Waals surface area contributed by atoms with Gasteiger partial charge in [-0.2, -0.15) is 4.98 Å². The highest BCUT2D eigenvalue weighted by Crippen LogP contribution is 2.32. The van der Waals surface area contributed by atoms with Gasteiger partial charge in [-0.15, -0.1) is 0 Å². The van der Waals surface area contributed by atoms with Crippen LogP contribution in [0.25, 0.3) is 11.5 Å². The second kappa shape index (κ2) is 9.76. The number of hydrogen-bond acceptors (Lipinski definition) is 5. The predicted octanol–water partition coefficient (Wildman–Crippen LogP) is 5.27. The van der Waals surface area contributed by atoms with Gasteiger partial charge in [0.25, 0.3) is 17.6 Å². The van der Waals surface area contributed by atoms with Crippen molar-refractivity contribution in [2.24, 2.45) is 5.92 Å². The minimum absolute atomic E-state index is 0.0219. The van der Waals surface area contributed by atoms with Crippen molar-refractivity contribution in [3.05, 3.63) is 64.4 Å². The van der Waals surface area contributed by atoms with E-state index in [-0.39, 0.29) is 28.4 Å². The summed E-state index contributed by atoms with van der Waals surface area (Å²) in [6, 6.07) is 13.5. The Labute approximate surface area is 181 Å². The van der Waals surface area contributed by atoms with Crippen molar-refractivity contribution in [2.75, 3.05) is 13.1 Å². The number of phenols is 1. The topological polar surface area (TPSA) is 79.5 Å². The Kier molecular flexibility index (Phi) is 7.11. The van der Waals surface area contributed by atoms with Gasteiger partial charge < -0.3 is 14.5 Å². The average molecular weight is 428 g/mol. The molecule has 0 unspecified atom stereocenters. The quantitative estimate of drug-likeness (QED) is 0.602. The molecule has 1 aliphatic rings. The van der Waals surface area contributed by atoms with Crippen molar-refractivity contribution < 1.29 is 14.4 Å². The van der Waals surface area contributed by atoms with E-state index in [4.69, 9.17) is 16.1 Å². The molecule has 30 heavy (non-hydrogen) atoms. The number of aryl methyl sites for hydroxylation is 2. The van der Waals surface area contributed by atoms with Crippen LogP contribution in [0.15, 0.2) is 47.0 Å². The Hall–Kier alpha value is -2.86. The lowest BCUT2D eigenvalue weighted by Crippen LogP contribution is -2.38. The van der Waals surface area contributed by atoms with Crippen LogP contribution in [0.5, 0.6) is 5.75 Å². The summed E-state index contributed by atoms with van der Waals surface area (Å²) in [5.41, 5.74) is 2.50. The van der Waals surface area contributed by atoms with E-state index in [0.717, 1.165) is 12.8 Å². The Balaban J connectivity index is 0.000000310. The number of halogens is 1. The molecule has 7 heteroatoms. The van der Waals surface area contributed by atoms with Crippen LogP contribution in [-0.2, 0) is 0 Å². The number of phenolic OH excluding ortho intramolecular Hbond substituents is 1. The van der Waals surface area contributed by atoms with E-state index in [1.165, 1.54) is 11.6 Å². The molecule has 1 amide bonds. The third-order valence-corrected chi connectivity index (χ3v) is 5.42. The number of nitrogens with zero attached hydrogens (tertiary/aromatic N) is 3. The number of hydrogen-bond donors (Lipinski definition) is 1. The molecule has 1 saturated heterocycles. The molecule has 1 fully saturated rings. The fourth-order valence-corrected chi connectivity index (χ4v) is 3.44. The van der Waals surface area contributed by atoms with Gasteiger partial charge in [0.2, 0.25) is 0 Å². The molecule has 0 saturated carbocycles. The van der Waals surface area contributed by atoms with Gasteiger partial charge in [0, 0.05) is 18.7 Å². The van der Waals surface area contributed by atoms with Crippen LogP contribution in [0.1, 0.15) is 41.5 Å². The summed E-state index contributed by atoms with van der Waals surface area (Å²) in [4.78, 5) is 18.3. The second-order valence-electron chi connectivity index (χ2n) is 7.68. The van der Waals surface area contributed by atoms with E-state index in [1.54, 1.807) is 17.9 Å². The molecule has 0 bridgehead atoms. The summed E-state index contributed by atoms with van der Waals surface area (Å²) in [5, 5.41) is 13.7. The monoisotopic (exact) mass is 427 g/mol. The number of rotatable bonds is 2. The molecule has 2 aromatic carbocycles. The normalized spacial score (nSPS) is 14.2. The second-order valence-corrected chi connectivity index (χ2v) is 8.08. The minimum Gasteiger partial charge on any atom is -0.506 e. The SMILES string of the molecule is Cc1cc(-c2nc(C(=O)N3CCC(C)CC3)no2)cc(Cl)c1O.Cc1ccccc1. The number of likely N-dealkylation sites (tertiary alicyclic amines) is 1. The average Bonchev–Trinajstić information content (AvgIpc) is 3.23. The van der Waals surface area contributed by atoms with Gasteiger partial charge in [-0.05, 0) is 50.3 Å². The Morgan fingerprint density at radius 2 is 1.83 bits per heavy atom. The summed E-state index contributed by atoms with van der Waals surface area (Å²) in [5.74, 6) is 0.712. The van der Waals surface area contributed by atoms with Crippen molar-refractivity contribution in [3.63, 3.8) is 0 Å². The smallest absolute Gasteiger partial charge is 0.295 e. The summed E-state index contributed by atoms with van der Waals surface area (Å²) in [6.45, 7) is 7.43. The molecule has 158 valence electrons. The van der Waals surface area contributed by atoms with Gasteiger partial charge in [0.1, 0.15) is 5.75 Å². The number of amides is 1. The van der Waals surface area contributed by atoms with Gasteiger partial charge in [-0.25, -0.2) is 0 Å². The fraction of sp³-hybridized carbons (Fsp3) is 0.348. The molecule has 2 heterocycles.